The van der Waals surface area contributed by atoms with Gasteiger partial charge in [0.1, 0.15) is 5.82 Å². The van der Waals surface area contributed by atoms with Crippen molar-refractivity contribution < 1.29 is 13.2 Å². The first-order valence-corrected chi connectivity index (χ1v) is 14.9. The van der Waals surface area contributed by atoms with Crippen molar-refractivity contribution in [1.29, 1.82) is 0 Å². The smallest absolute Gasteiger partial charge is 0.361 e. The van der Waals surface area contributed by atoms with Gasteiger partial charge in [0.2, 0.25) is 0 Å². The van der Waals surface area contributed by atoms with Gasteiger partial charge in [-0.05, 0) is 94.1 Å². The van der Waals surface area contributed by atoms with Gasteiger partial charge in [-0.2, -0.15) is 18.3 Å². The van der Waals surface area contributed by atoms with Gasteiger partial charge in [0.05, 0.1) is 17.4 Å². The molecule has 1 aliphatic carbocycles. The number of nitrogens with one attached hydrogen (secondary N) is 1. The molecule has 0 saturated carbocycles. The van der Waals surface area contributed by atoms with Crippen LogP contribution in [0, 0.1) is 5.92 Å². The van der Waals surface area contributed by atoms with E-state index in [0.717, 1.165) is 56.2 Å². The summed E-state index contributed by atoms with van der Waals surface area (Å²) < 4.78 is 41.0. The van der Waals surface area contributed by atoms with Gasteiger partial charge in [0.15, 0.2) is 0 Å². The monoisotopic (exact) mass is 606 g/mol. The second-order valence-corrected chi connectivity index (χ2v) is 8.44. The third-order valence-corrected chi connectivity index (χ3v) is 5.98. The molecule has 0 radical (unpaired) electrons. The maximum Gasteiger partial charge on any atom is 0.415 e. The fraction of sp³-hybridized carbons (Fsp3) is 0.520. The molecule has 3 heterocycles. The maximum atomic E-state index is 13.0. The number of thiol groups is 1. The van der Waals surface area contributed by atoms with Gasteiger partial charge in [-0.15, -0.1) is 9.80 Å². The second kappa shape index (κ2) is 13.0. The van der Waals surface area contributed by atoms with E-state index < -0.39 is 11.7 Å². The lowest BCUT2D eigenvalue weighted by molar-refractivity contribution is -0.0877. The number of pyridine rings is 1. The number of fused-ring (bicyclic) bond motifs is 2. The minimum atomic E-state index is -4.44. The first kappa shape index (κ1) is 28.7. The Bertz CT molecular complexity index is 999. The van der Waals surface area contributed by atoms with Crippen molar-refractivity contribution in [3.8, 4) is 0 Å². The van der Waals surface area contributed by atoms with Crippen molar-refractivity contribution in [2.24, 2.45) is 5.92 Å². The Morgan fingerprint density at radius 1 is 1.26 bits per heavy atom. The third-order valence-electron chi connectivity index (χ3n) is 5.98. The molecule has 0 fully saturated rings. The predicted octanol–water partition coefficient (Wildman–Crippen LogP) is 8.16. The number of nitrogens with zero attached hydrogens (tertiary/aromatic N) is 3. The molecule has 2 aromatic heterocycles. The average Bonchev–Trinajstić information content (AvgIpc) is 3.47. The number of aryl methyl sites for hydroxylation is 2. The Morgan fingerprint density at radius 3 is 2.62 bits per heavy atom. The van der Waals surface area contributed by atoms with Crippen LogP contribution in [0.2, 0.25) is 0 Å². The van der Waals surface area contributed by atoms with E-state index >= 15 is 0 Å². The quantitative estimate of drug-likeness (QED) is 0.205. The highest BCUT2D eigenvalue weighted by molar-refractivity contribution is 14.2. The van der Waals surface area contributed by atoms with Gasteiger partial charge in [0, 0.05) is 18.3 Å². The van der Waals surface area contributed by atoms with Crippen LogP contribution in [0.25, 0.3) is 5.57 Å². The van der Waals surface area contributed by atoms with Crippen LogP contribution in [0.15, 0.2) is 36.6 Å². The molecule has 0 aromatic carbocycles. The SMILES string of the molecule is C=C(/C=C(/c1cc2n(n1)CCCC2Nc1nccc2c1CCC2)C(C)C)C(F)(F)F.CC.SI. The van der Waals surface area contributed by atoms with E-state index in [-0.39, 0.29) is 12.0 Å². The molecule has 34 heavy (non-hydrogen) atoms. The normalized spacial score (nSPS) is 17.1. The number of hydrogen-bond acceptors (Lipinski definition) is 4. The summed E-state index contributed by atoms with van der Waals surface area (Å²) >= 11 is 1.84. The zero-order chi connectivity index (χ0) is 25.5. The number of allylic oxidation sites excluding steroid dienone is 3. The first-order valence-electron chi connectivity index (χ1n) is 11.7. The number of alkyl halides is 3. The fourth-order valence-corrected chi connectivity index (χ4v) is 4.37. The van der Waals surface area contributed by atoms with Crippen LogP contribution < -0.4 is 5.32 Å². The van der Waals surface area contributed by atoms with Crippen LogP contribution in [0.3, 0.4) is 0 Å². The summed E-state index contributed by atoms with van der Waals surface area (Å²) in [5.74, 6) is 0.822. The molecule has 4 rings (SSSR count). The van der Waals surface area contributed by atoms with Crippen LogP contribution in [0.5, 0.6) is 0 Å². The number of hydrogen-bond donors (Lipinski definition) is 2. The molecule has 0 saturated heterocycles. The van der Waals surface area contributed by atoms with Crippen molar-refractivity contribution in [2.45, 2.75) is 78.6 Å². The molecule has 1 N–H and O–H groups in total. The number of halogens is 4. The van der Waals surface area contributed by atoms with E-state index in [2.05, 4.69) is 37.8 Å². The Hall–Kier alpha value is -1.49. The van der Waals surface area contributed by atoms with Crippen LogP contribution >= 0.6 is 31.0 Å². The minimum Gasteiger partial charge on any atom is -0.361 e. The van der Waals surface area contributed by atoms with Crippen molar-refractivity contribution in [3.05, 3.63) is 59.1 Å². The second-order valence-electron chi connectivity index (χ2n) is 8.44. The van der Waals surface area contributed by atoms with Gasteiger partial charge in [-0.3, -0.25) is 4.68 Å². The van der Waals surface area contributed by atoms with Crippen LogP contribution in [-0.2, 0) is 19.4 Å². The maximum absolute atomic E-state index is 13.0. The number of aromatic nitrogens is 3. The summed E-state index contributed by atoms with van der Waals surface area (Å²) in [4.78, 5) is 4.57. The van der Waals surface area contributed by atoms with E-state index in [1.54, 1.807) is 0 Å². The predicted molar refractivity (Wildman–Crippen MR) is 146 cm³/mol. The molecule has 2 aliphatic rings. The van der Waals surface area contributed by atoms with Crippen LogP contribution in [0.4, 0.5) is 19.0 Å². The third kappa shape index (κ3) is 6.80. The summed E-state index contributed by atoms with van der Waals surface area (Å²) in [5, 5.41) is 8.25. The molecule has 0 amide bonds. The zero-order valence-electron chi connectivity index (χ0n) is 20.2. The Labute approximate surface area is 218 Å². The lowest BCUT2D eigenvalue weighted by Crippen LogP contribution is -2.22. The van der Waals surface area contributed by atoms with E-state index in [9.17, 15) is 13.2 Å². The van der Waals surface area contributed by atoms with Crippen molar-refractivity contribution in [1.82, 2.24) is 14.8 Å². The summed E-state index contributed by atoms with van der Waals surface area (Å²) in [6, 6.07) is 4.05. The van der Waals surface area contributed by atoms with Gasteiger partial charge in [0.25, 0.3) is 0 Å². The standard InChI is InChI=1S/C23H27F3N4.C2H6.HIS/c1-14(2)18(12-15(3)23(24,25)26)20-13-21-19(8-5-11-30(21)29-20)28-22-17-7-4-6-16(17)9-10-27-22;2*1-2/h9-10,12-14,19H,3-8,11H2,1-2H3,(H,27,28);1-2H3;2H/b18-12+;;. The minimum absolute atomic E-state index is 0.0406. The Balaban J connectivity index is 0.000000970. The lowest BCUT2D eigenvalue weighted by Gasteiger charge is -2.25. The highest BCUT2D eigenvalue weighted by Gasteiger charge is 2.32. The molecular weight excluding hydrogens is 572 g/mol. The molecule has 2 aromatic rings. The topological polar surface area (TPSA) is 42.7 Å². The highest BCUT2D eigenvalue weighted by atomic mass is 127. The van der Waals surface area contributed by atoms with Crippen molar-refractivity contribution in [2.75, 3.05) is 5.32 Å². The molecule has 1 aliphatic heterocycles. The molecule has 0 bridgehead atoms. The van der Waals surface area contributed by atoms with E-state index in [4.69, 9.17) is 0 Å². The van der Waals surface area contributed by atoms with Gasteiger partial charge < -0.3 is 5.32 Å². The summed E-state index contributed by atoms with van der Waals surface area (Å²) in [6.07, 6.45) is 3.70. The zero-order valence-corrected chi connectivity index (χ0v) is 23.3. The molecule has 0 spiro atoms. The Kier molecular flexibility index (Phi) is 11.0. The molecule has 1 unspecified atom stereocenters. The number of anilines is 1. The van der Waals surface area contributed by atoms with Crippen LogP contribution in [-0.4, -0.2) is 20.9 Å². The average molecular weight is 607 g/mol. The molecule has 1 atom stereocenters. The summed E-state index contributed by atoms with van der Waals surface area (Å²) in [6.45, 7) is 11.7. The van der Waals surface area contributed by atoms with E-state index in [1.165, 1.54) is 11.1 Å². The van der Waals surface area contributed by atoms with E-state index in [0.29, 0.717) is 11.3 Å². The van der Waals surface area contributed by atoms with Crippen molar-refractivity contribution >= 4 is 42.4 Å². The van der Waals surface area contributed by atoms with Crippen molar-refractivity contribution in [3.63, 3.8) is 0 Å². The van der Waals surface area contributed by atoms with Crippen LogP contribution in [0.1, 0.15) is 75.5 Å². The lowest BCUT2D eigenvalue weighted by atomic mass is 9.96. The molecular formula is C25H34F3IN4S. The first-order chi connectivity index (χ1) is 16.2. The van der Waals surface area contributed by atoms with Gasteiger partial charge in [-0.1, -0.05) is 34.3 Å². The van der Waals surface area contributed by atoms with Gasteiger partial charge >= 0.3 is 6.18 Å². The summed E-state index contributed by atoms with van der Waals surface area (Å²) in [7, 11) is 3.50. The van der Waals surface area contributed by atoms with E-state index in [1.807, 2.05) is 65.8 Å². The molecule has 9 heteroatoms. The fourth-order valence-electron chi connectivity index (χ4n) is 4.37. The van der Waals surface area contributed by atoms with Gasteiger partial charge in [-0.25, -0.2) is 4.98 Å². The Morgan fingerprint density at radius 2 is 1.97 bits per heavy atom. The highest BCUT2D eigenvalue weighted by Crippen LogP contribution is 2.36. The largest absolute Gasteiger partial charge is 0.415 e. The molecule has 4 nitrogen and oxygen atoms in total. The molecule has 188 valence electrons. The summed E-state index contributed by atoms with van der Waals surface area (Å²) in [5.41, 5.74) is 3.93. The number of rotatable bonds is 5.